The Morgan fingerprint density at radius 3 is 2.60 bits per heavy atom. The van der Waals surface area contributed by atoms with Crippen LogP contribution in [-0.4, -0.2) is 16.2 Å². The number of nitrogens with one attached hydrogen (secondary N) is 1. The van der Waals surface area contributed by atoms with Crippen molar-refractivity contribution in [3.05, 3.63) is 52.7 Å². The molecule has 0 atom stereocenters. The maximum atomic E-state index is 6.06. The van der Waals surface area contributed by atoms with Crippen molar-refractivity contribution in [2.45, 2.75) is 33.0 Å². The highest BCUT2D eigenvalue weighted by Gasteiger charge is 2.03. The van der Waals surface area contributed by atoms with Gasteiger partial charge in [0, 0.05) is 29.2 Å². The molecule has 2 rings (SSSR count). The Hall–Kier alpha value is -1.65. The van der Waals surface area contributed by atoms with E-state index in [1.165, 1.54) is 0 Å². The maximum Gasteiger partial charge on any atom is 0.233 e. The zero-order valence-electron chi connectivity index (χ0n) is 11.6. The van der Waals surface area contributed by atoms with Crippen molar-refractivity contribution < 1.29 is 4.74 Å². The third kappa shape index (κ3) is 4.47. The molecule has 0 spiro atoms. The zero-order chi connectivity index (χ0) is 14.4. The molecule has 1 aromatic carbocycles. The number of aromatic nitrogens is 2. The van der Waals surface area contributed by atoms with Crippen LogP contribution in [0.25, 0.3) is 0 Å². The summed E-state index contributed by atoms with van der Waals surface area (Å²) in [7, 11) is 0. The van der Waals surface area contributed by atoms with Crippen LogP contribution in [0.15, 0.2) is 36.4 Å². The van der Waals surface area contributed by atoms with Gasteiger partial charge in [-0.2, -0.15) is 5.10 Å². The van der Waals surface area contributed by atoms with Crippen LogP contribution in [0.3, 0.4) is 0 Å². The zero-order valence-corrected chi connectivity index (χ0v) is 12.4. The molecule has 0 aliphatic rings. The molecule has 0 fully saturated rings. The van der Waals surface area contributed by atoms with E-state index in [-0.39, 0.29) is 0 Å². The summed E-state index contributed by atoms with van der Waals surface area (Å²) in [5, 5.41) is 12.1. The Balaban J connectivity index is 1.89. The van der Waals surface area contributed by atoms with Crippen molar-refractivity contribution in [3.63, 3.8) is 0 Å². The second-order valence-corrected chi connectivity index (χ2v) is 5.19. The summed E-state index contributed by atoms with van der Waals surface area (Å²) < 4.78 is 5.58. The highest BCUT2D eigenvalue weighted by molar-refractivity contribution is 6.31. The number of ether oxygens (including phenoxy) is 1. The van der Waals surface area contributed by atoms with Crippen LogP contribution >= 0.6 is 11.6 Å². The van der Waals surface area contributed by atoms with E-state index in [0.717, 1.165) is 11.3 Å². The molecule has 2 aromatic rings. The number of rotatable bonds is 6. The number of nitrogens with zero attached hydrogens (tertiary/aromatic N) is 2. The number of benzene rings is 1. The van der Waals surface area contributed by atoms with Gasteiger partial charge in [-0.05, 0) is 12.1 Å². The Morgan fingerprint density at radius 2 is 1.95 bits per heavy atom. The van der Waals surface area contributed by atoms with Crippen molar-refractivity contribution in [2.24, 2.45) is 0 Å². The summed E-state index contributed by atoms with van der Waals surface area (Å²) >= 11 is 6.06. The number of hydrogen-bond acceptors (Lipinski definition) is 4. The van der Waals surface area contributed by atoms with Gasteiger partial charge in [-0.15, -0.1) is 5.10 Å². The van der Waals surface area contributed by atoms with Crippen LogP contribution in [0.2, 0.25) is 5.02 Å². The molecular weight excluding hydrogens is 274 g/mol. The summed E-state index contributed by atoms with van der Waals surface area (Å²) in [5.74, 6) is 0.498. The largest absolute Gasteiger partial charge is 0.472 e. The van der Waals surface area contributed by atoms with Crippen LogP contribution in [0, 0.1) is 0 Å². The lowest BCUT2D eigenvalue weighted by Crippen LogP contribution is -2.22. The van der Waals surface area contributed by atoms with Crippen molar-refractivity contribution in [2.75, 3.05) is 0 Å². The van der Waals surface area contributed by atoms with Gasteiger partial charge in [-0.25, -0.2) is 0 Å². The standard InChI is InChI=1S/C15H18ClN3O/c1-11(2)17-9-13-7-8-15(19-18-13)20-10-12-5-3-4-6-14(12)16/h3-8,11,17H,9-10H2,1-2H3. The molecule has 0 saturated heterocycles. The maximum absolute atomic E-state index is 6.06. The lowest BCUT2D eigenvalue weighted by molar-refractivity contribution is 0.289. The third-order valence-electron chi connectivity index (χ3n) is 2.72. The summed E-state index contributed by atoms with van der Waals surface area (Å²) in [6, 6.07) is 11.7. The van der Waals surface area contributed by atoms with Gasteiger partial charge >= 0.3 is 0 Å². The molecule has 20 heavy (non-hydrogen) atoms. The van der Waals surface area contributed by atoms with Gasteiger partial charge in [0.05, 0.1) is 5.69 Å². The molecule has 0 radical (unpaired) electrons. The van der Waals surface area contributed by atoms with Gasteiger partial charge in [-0.1, -0.05) is 43.6 Å². The minimum Gasteiger partial charge on any atom is -0.472 e. The second kappa shape index (κ2) is 7.22. The normalized spacial score (nSPS) is 10.8. The predicted molar refractivity (Wildman–Crippen MR) is 79.8 cm³/mol. The predicted octanol–water partition coefficient (Wildman–Crippen LogP) is 3.21. The van der Waals surface area contributed by atoms with Crippen molar-refractivity contribution in [3.8, 4) is 5.88 Å². The minimum atomic E-state index is 0.387. The Kier molecular flexibility index (Phi) is 5.32. The quantitative estimate of drug-likeness (QED) is 0.888. The summed E-state index contributed by atoms with van der Waals surface area (Å²) in [6.07, 6.45) is 0. The molecular formula is C15H18ClN3O. The Morgan fingerprint density at radius 1 is 1.15 bits per heavy atom. The van der Waals surface area contributed by atoms with E-state index in [4.69, 9.17) is 16.3 Å². The van der Waals surface area contributed by atoms with Crippen LogP contribution in [0.5, 0.6) is 5.88 Å². The van der Waals surface area contributed by atoms with E-state index in [0.29, 0.717) is 30.1 Å². The molecule has 4 nitrogen and oxygen atoms in total. The fourth-order valence-electron chi connectivity index (χ4n) is 1.59. The molecule has 0 aliphatic carbocycles. The smallest absolute Gasteiger partial charge is 0.233 e. The van der Waals surface area contributed by atoms with Crippen LogP contribution in [-0.2, 0) is 13.2 Å². The van der Waals surface area contributed by atoms with Crippen molar-refractivity contribution >= 4 is 11.6 Å². The summed E-state index contributed by atoms with van der Waals surface area (Å²) in [5.41, 5.74) is 1.82. The summed E-state index contributed by atoms with van der Waals surface area (Å²) in [4.78, 5) is 0. The fourth-order valence-corrected chi connectivity index (χ4v) is 1.79. The number of hydrogen-bond donors (Lipinski definition) is 1. The second-order valence-electron chi connectivity index (χ2n) is 4.78. The molecule has 1 heterocycles. The lowest BCUT2D eigenvalue weighted by Gasteiger charge is -2.08. The minimum absolute atomic E-state index is 0.387. The average Bonchev–Trinajstić information content (AvgIpc) is 2.45. The van der Waals surface area contributed by atoms with E-state index in [1.54, 1.807) is 0 Å². The van der Waals surface area contributed by atoms with Crippen molar-refractivity contribution in [1.82, 2.24) is 15.5 Å². The summed E-state index contributed by atoms with van der Waals surface area (Å²) in [6.45, 7) is 5.27. The van der Waals surface area contributed by atoms with Crippen LogP contribution < -0.4 is 10.1 Å². The van der Waals surface area contributed by atoms with Crippen LogP contribution in [0.1, 0.15) is 25.1 Å². The van der Waals surface area contributed by atoms with Crippen LogP contribution in [0.4, 0.5) is 0 Å². The van der Waals surface area contributed by atoms with Gasteiger partial charge < -0.3 is 10.1 Å². The molecule has 106 valence electrons. The highest BCUT2D eigenvalue weighted by Crippen LogP contribution is 2.17. The molecule has 0 bridgehead atoms. The van der Waals surface area contributed by atoms with E-state index < -0.39 is 0 Å². The van der Waals surface area contributed by atoms with E-state index in [9.17, 15) is 0 Å². The SMILES string of the molecule is CC(C)NCc1ccc(OCc2ccccc2Cl)nn1. The van der Waals surface area contributed by atoms with Gasteiger partial charge in [0.2, 0.25) is 5.88 Å². The van der Waals surface area contributed by atoms with Gasteiger partial charge in [0.15, 0.2) is 0 Å². The fraction of sp³-hybridized carbons (Fsp3) is 0.333. The average molecular weight is 292 g/mol. The molecule has 0 amide bonds. The van der Waals surface area contributed by atoms with Gasteiger partial charge in [0.25, 0.3) is 0 Å². The lowest BCUT2D eigenvalue weighted by atomic mass is 10.2. The molecule has 5 heteroatoms. The first-order valence-corrected chi connectivity index (χ1v) is 6.95. The Bertz CT molecular complexity index is 543. The van der Waals surface area contributed by atoms with E-state index >= 15 is 0 Å². The topological polar surface area (TPSA) is 47.0 Å². The van der Waals surface area contributed by atoms with Crippen molar-refractivity contribution in [1.29, 1.82) is 0 Å². The Labute approximate surface area is 124 Å². The molecule has 0 unspecified atom stereocenters. The van der Waals surface area contributed by atoms with Gasteiger partial charge in [-0.3, -0.25) is 0 Å². The first-order chi connectivity index (χ1) is 9.65. The first-order valence-electron chi connectivity index (χ1n) is 6.57. The molecule has 1 N–H and O–H groups in total. The van der Waals surface area contributed by atoms with E-state index in [2.05, 4.69) is 29.4 Å². The highest BCUT2D eigenvalue weighted by atomic mass is 35.5. The first kappa shape index (κ1) is 14.8. The van der Waals surface area contributed by atoms with Gasteiger partial charge in [0.1, 0.15) is 6.61 Å². The third-order valence-corrected chi connectivity index (χ3v) is 3.09. The monoisotopic (exact) mass is 291 g/mol. The number of halogens is 1. The molecule has 0 saturated carbocycles. The van der Waals surface area contributed by atoms with E-state index in [1.807, 2.05) is 36.4 Å². The molecule has 1 aromatic heterocycles. The molecule has 0 aliphatic heterocycles.